The van der Waals surface area contributed by atoms with Gasteiger partial charge in [-0.3, -0.25) is 14.5 Å². The Morgan fingerprint density at radius 2 is 1.94 bits per heavy atom. The maximum absolute atomic E-state index is 14.2. The van der Waals surface area contributed by atoms with Crippen molar-refractivity contribution in [1.82, 2.24) is 4.98 Å². The van der Waals surface area contributed by atoms with Gasteiger partial charge in [0, 0.05) is 24.1 Å². The number of nitrogens with zero attached hydrogens (tertiary/aromatic N) is 3. The zero-order chi connectivity index (χ0) is 23.3. The van der Waals surface area contributed by atoms with Crippen molar-refractivity contribution in [2.24, 2.45) is 0 Å². The fraction of sp³-hybridized carbons (Fsp3) is 0.130. The number of amides is 2. The van der Waals surface area contributed by atoms with Gasteiger partial charge in [0.05, 0.1) is 11.4 Å². The molecule has 162 valence electrons. The van der Waals surface area contributed by atoms with Crippen molar-refractivity contribution in [2.75, 3.05) is 10.2 Å². The summed E-state index contributed by atoms with van der Waals surface area (Å²) < 4.78 is 27.5. The van der Waals surface area contributed by atoms with Gasteiger partial charge in [0.2, 0.25) is 5.91 Å². The highest BCUT2D eigenvalue weighted by Crippen LogP contribution is 2.31. The number of aromatic nitrogens is 1. The van der Waals surface area contributed by atoms with Gasteiger partial charge in [-0.05, 0) is 42.3 Å². The van der Waals surface area contributed by atoms with E-state index in [-0.39, 0.29) is 22.1 Å². The van der Waals surface area contributed by atoms with Crippen LogP contribution in [0.3, 0.4) is 0 Å². The number of thiazole rings is 1. The SMILES string of the molecule is CCc1ccc(NC(=O)/C(C#N)=C/c2csc(N(C(C)=O)c3ccc(F)cc3F)n2)cc1. The minimum atomic E-state index is -0.918. The highest BCUT2D eigenvalue weighted by Gasteiger charge is 2.22. The highest BCUT2D eigenvalue weighted by atomic mass is 32.1. The Balaban J connectivity index is 1.85. The first-order valence-corrected chi connectivity index (χ1v) is 10.4. The van der Waals surface area contributed by atoms with Crippen molar-refractivity contribution < 1.29 is 18.4 Å². The molecule has 0 radical (unpaired) electrons. The maximum atomic E-state index is 14.2. The fourth-order valence-electron chi connectivity index (χ4n) is 2.83. The third-order valence-corrected chi connectivity index (χ3v) is 5.29. The van der Waals surface area contributed by atoms with E-state index in [1.54, 1.807) is 12.1 Å². The summed E-state index contributed by atoms with van der Waals surface area (Å²) in [7, 11) is 0. The van der Waals surface area contributed by atoms with E-state index >= 15 is 0 Å². The molecule has 0 saturated carbocycles. The van der Waals surface area contributed by atoms with E-state index in [0.717, 1.165) is 40.4 Å². The molecule has 0 fully saturated rings. The van der Waals surface area contributed by atoms with Crippen molar-refractivity contribution >= 4 is 45.7 Å². The van der Waals surface area contributed by atoms with E-state index in [1.807, 2.05) is 25.1 Å². The van der Waals surface area contributed by atoms with Crippen LogP contribution in [0.15, 0.2) is 53.4 Å². The molecule has 2 aromatic carbocycles. The number of benzene rings is 2. The summed E-state index contributed by atoms with van der Waals surface area (Å²) in [4.78, 5) is 29.8. The number of nitrogens with one attached hydrogen (secondary N) is 1. The highest BCUT2D eigenvalue weighted by molar-refractivity contribution is 7.14. The van der Waals surface area contributed by atoms with Crippen LogP contribution in [0.25, 0.3) is 6.08 Å². The molecule has 0 aliphatic heterocycles. The lowest BCUT2D eigenvalue weighted by molar-refractivity contribution is -0.116. The average molecular weight is 452 g/mol. The van der Waals surface area contributed by atoms with Gasteiger partial charge in [-0.1, -0.05) is 19.1 Å². The summed E-state index contributed by atoms with van der Waals surface area (Å²) in [5.41, 5.74) is 1.55. The Labute approximate surface area is 187 Å². The van der Waals surface area contributed by atoms with Gasteiger partial charge in [0.15, 0.2) is 5.13 Å². The molecule has 2 amide bonds. The standard InChI is InChI=1S/C23H18F2N4O2S/c1-3-15-4-7-18(8-5-15)27-22(31)16(12-26)10-19-13-32-23(28-19)29(14(2)30)21-9-6-17(24)11-20(21)25/h4-11,13H,3H2,1-2H3,(H,27,31)/b16-10+. The molecule has 0 spiro atoms. The van der Waals surface area contributed by atoms with Gasteiger partial charge in [0.1, 0.15) is 23.3 Å². The van der Waals surface area contributed by atoms with Crippen LogP contribution in [0.4, 0.5) is 25.3 Å². The fourth-order valence-corrected chi connectivity index (χ4v) is 3.67. The zero-order valence-corrected chi connectivity index (χ0v) is 18.0. The second kappa shape index (κ2) is 9.94. The molecule has 6 nitrogen and oxygen atoms in total. The molecule has 0 bridgehead atoms. The quantitative estimate of drug-likeness (QED) is 0.411. The average Bonchev–Trinajstić information content (AvgIpc) is 3.22. The molecule has 0 atom stereocenters. The summed E-state index contributed by atoms with van der Waals surface area (Å²) >= 11 is 1.01. The molecule has 9 heteroatoms. The third-order valence-electron chi connectivity index (χ3n) is 4.44. The van der Waals surface area contributed by atoms with Crippen LogP contribution < -0.4 is 10.2 Å². The minimum absolute atomic E-state index is 0.113. The summed E-state index contributed by atoms with van der Waals surface area (Å²) in [5, 5.41) is 13.7. The molecule has 0 aliphatic carbocycles. The molecule has 1 aromatic heterocycles. The van der Waals surface area contributed by atoms with E-state index in [1.165, 1.54) is 18.4 Å². The lowest BCUT2D eigenvalue weighted by Crippen LogP contribution is -2.23. The zero-order valence-electron chi connectivity index (χ0n) is 17.2. The molecule has 0 saturated heterocycles. The van der Waals surface area contributed by atoms with Crippen molar-refractivity contribution in [3.05, 3.63) is 76.3 Å². The summed E-state index contributed by atoms with van der Waals surface area (Å²) in [6.07, 6.45) is 2.14. The van der Waals surface area contributed by atoms with E-state index in [0.29, 0.717) is 11.8 Å². The molecular weight excluding hydrogens is 434 g/mol. The van der Waals surface area contributed by atoms with Crippen molar-refractivity contribution in [3.63, 3.8) is 0 Å². The normalized spacial score (nSPS) is 11.0. The van der Waals surface area contributed by atoms with E-state index in [4.69, 9.17) is 0 Å². The number of rotatable bonds is 6. The predicted octanol–water partition coefficient (Wildman–Crippen LogP) is 5.21. The van der Waals surface area contributed by atoms with E-state index in [2.05, 4.69) is 10.3 Å². The Bertz CT molecular complexity index is 1230. The first-order valence-electron chi connectivity index (χ1n) is 9.55. The van der Waals surface area contributed by atoms with Crippen molar-refractivity contribution in [2.45, 2.75) is 20.3 Å². The van der Waals surface area contributed by atoms with Gasteiger partial charge < -0.3 is 5.32 Å². The Morgan fingerprint density at radius 1 is 1.22 bits per heavy atom. The monoisotopic (exact) mass is 452 g/mol. The lowest BCUT2D eigenvalue weighted by Gasteiger charge is -2.18. The second-order valence-corrected chi connectivity index (χ2v) is 7.52. The molecule has 1 heterocycles. The van der Waals surface area contributed by atoms with E-state index in [9.17, 15) is 23.6 Å². The number of halogens is 2. The van der Waals surface area contributed by atoms with Gasteiger partial charge in [-0.2, -0.15) is 5.26 Å². The van der Waals surface area contributed by atoms with Crippen molar-refractivity contribution in [3.8, 4) is 6.07 Å². The molecule has 3 rings (SSSR count). The molecule has 1 N–H and O–H groups in total. The van der Waals surface area contributed by atoms with Crippen LogP contribution in [0, 0.1) is 23.0 Å². The number of anilines is 3. The van der Waals surface area contributed by atoms with Crippen LogP contribution in [-0.2, 0) is 16.0 Å². The van der Waals surface area contributed by atoms with Crippen molar-refractivity contribution in [1.29, 1.82) is 5.26 Å². The molecule has 32 heavy (non-hydrogen) atoms. The maximum Gasteiger partial charge on any atom is 0.266 e. The number of hydrogen-bond acceptors (Lipinski definition) is 5. The number of hydrogen-bond donors (Lipinski definition) is 1. The van der Waals surface area contributed by atoms with Crippen LogP contribution in [-0.4, -0.2) is 16.8 Å². The number of aryl methyl sites for hydroxylation is 1. The largest absolute Gasteiger partial charge is 0.321 e. The summed E-state index contributed by atoms with van der Waals surface area (Å²) in [6.45, 7) is 3.24. The first-order chi connectivity index (χ1) is 15.3. The van der Waals surface area contributed by atoms with Crippen LogP contribution >= 0.6 is 11.3 Å². The molecule has 0 aliphatic rings. The predicted molar refractivity (Wildman–Crippen MR) is 119 cm³/mol. The second-order valence-electron chi connectivity index (χ2n) is 6.68. The van der Waals surface area contributed by atoms with Gasteiger partial charge >= 0.3 is 0 Å². The summed E-state index contributed by atoms with van der Waals surface area (Å²) in [6, 6.07) is 11.9. The first kappa shape index (κ1) is 22.8. The topological polar surface area (TPSA) is 86.1 Å². The lowest BCUT2D eigenvalue weighted by atomic mass is 10.1. The minimum Gasteiger partial charge on any atom is -0.321 e. The van der Waals surface area contributed by atoms with Gasteiger partial charge in [-0.15, -0.1) is 11.3 Å². The molecule has 3 aromatic rings. The third kappa shape index (κ3) is 5.22. The van der Waals surface area contributed by atoms with E-state index < -0.39 is 23.4 Å². The summed E-state index contributed by atoms with van der Waals surface area (Å²) in [5.74, 6) is -2.83. The Morgan fingerprint density at radius 3 is 2.53 bits per heavy atom. The van der Waals surface area contributed by atoms with Crippen LogP contribution in [0.5, 0.6) is 0 Å². The number of nitriles is 1. The van der Waals surface area contributed by atoms with Gasteiger partial charge in [-0.25, -0.2) is 13.8 Å². The Kier molecular flexibility index (Phi) is 7.07. The number of carbonyl (C=O) groups excluding carboxylic acids is 2. The molecule has 0 unspecified atom stereocenters. The van der Waals surface area contributed by atoms with Crippen LogP contribution in [0.2, 0.25) is 0 Å². The Hall–Kier alpha value is -3.90. The van der Waals surface area contributed by atoms with Gasteiger partial charge in [0.25, 0.3) is 5.91 Å². The number of carbonyl (C=O) groups is 2. The van der Waals surface area contributed by atoms with Crippen LogP contribution in [0.1, 0.15) is 25.1 Å². The smallest absolute Gasteiger partial charge is 0.266 e. The molecular formula is C23H18F2N4O2S.